The van der Waals surface area contributed by atoms with Gasteiger partial charge in [0.2, 0.25) is 11.8 Å². The van der Waals surface area contributed by atoms with Crippen molar-refractivity contribution in [3.63, 3.8) is 0 Å². The van der Waals surface area contributed by atoms with Crippen molar-refractivity contribution in [1.82, 2.24) is 10.2 Å². The Balaban J connectivity index is 1.49. The number of likely N-dealkylation sites (tertiary alicyclic amines) is 1. The Labute approximate surface area is 135 Å². The first-order chi connectivity index (χ1) is 11.0. The number of rotatable bonds is 2. The molecule has 4 nitrogen and oxygen atoms in total. The normalized spacial score (nSPS) is 24.6. The number of carbonyl (C=O) groups excluding carboxylic acids is 2. The van der Waals surface area contributed by atoms with E-state index in [0.29, 0.717) is 25.1 Å². The number of carbonyl (C=O) groups is 2. The third kappa shape index (κ3) is 2.33. The smallest absolute Gasteiger partial charge is 0.233 e. The predicted molar refractivity (Wildman–Crippen MR) is 83.2 cm³/mol. The Morgan fingerprint density at radius 1 is 1.13 bits per heavy atom. The zero-order valence-electron chi connectivity index (χ0n) is 13.1. The van der Waals surface area contributed by atoms with E-state index in [2.05, 4.69) is 5.32 Å². The van der Waals surface area contributed by atoms with Crippen LogP contribution in [0, 0.1) is 11.2 Å². The standard InChI is InChI=1S/C18H21FN2O2/c19-14-4-2-1-3-13(14)18(5-6-18)16(23)21-9-7-17(8-10-21)11-15(22)20-12-17/h1-4H,5-12H2,(H,20,22). The Hall–Kier alpha value is -1.91. The molecule has 122 valence electrons. The number of hydrogen-bond donors (Lipinski definition) is 1. The van der Waals surface area contributed by atoms with E-state index in [0.717, 1.165) is 32.2 Å². The van der Waals surface area contributed by atoms with E-state index < -0.39 is 5.41 Å². The van der Waals surface area contributed by atoms with Gasteiger partial charge in [0.1, 0.15) is 5.82 Å². The van der Waals surface area contributed by atoms with E-state index in [1.54, 1.807) is 18.2 Å². The van der Waals surface area contributed by atoms with Crippen molar-refractivity contribution in [3.05, 3.63) is 35.6 Å². The van der Waals surface area contributed by atoms with Crippen LogP contribution in [0.4, 0.5) is 4.39 Å². The zero-order valence-corrected chi connectivity index (χ0v) is 13.1. The van der Waals surface area contributed by atoms with Crippen LogP contribution in [0.25, 0.3) is 0 Å². The topological polar surface area (TPSA) is 49.4 Å². The molecule has 3 aliphatic rings. The molecule has 2 saturated heterocycles. The van der Waals surface area contributed by atoms with Crippen LogP contribution in [-0.2, 0) is 15.0 Å². The molecule has 1 aromatic carbocycles. The number of amides is 2. The molecule has 1 aromatic rings. The molecular weight excluding hydrogens is 295 g/mol. The van der Waals surface area contributed by atoms with Crippen LogP contribution in [-0.4, -0.2) is 36.3 Å². The summed E-state index contributed by atoms with van der Waals surface area (Å²) < 4.78 is 14.1. The lowest BCUT2D eigenvalue weighted by Crippen LogP contribution is -2.47. The highest BCUT2D eigenvalue weighted by Crippen LogP contribution is 2.51. The van der Waals surface area contributed by atoms with Crippen molar-refractivity contribution in [2.24, 2.45) is 5.41 Å². The summed E-state index contributed by atoms with van der Waals surface area (Å²) in [5.74, 6) is -0.0954. The average Bonchev–Trinajstić information content (AvgIpc) is 3.28. The fourth-order valence-electron chi connectivity index (χ4n) is 4.16. The minimum absolute atomic E-state index is 0.0303. The molecule has 4 rings (SSSR count). The molecule has 0 unspecified atom stereocenters. The van der Waals surface area contributed by atoms with E-state index in [-0.39, 0.29) is 23.0 Å². The third-order valence-electron chi connectivity index (χ3n) is 5.86. The maximum absolute atomic E-state index is 14.1. The second-order valence-electron chi connectivity index (χ2n) is 7.31. The molecule has 1 spiro atoms. The van der Waals surface area contributed by atoms with Gasteiger partial charge in [-0.1, -0.05) is 18.2 Å². The number of hydrogen-bond acceptors (Lipinski definition) is 2. The average molecular weight is 316 g/mol. The van der Waals surface area contributed by atoms with Crippen molar-refractivity contribution in [2.45, 2.75) is 37.5 Å². The molecular formula is C18H21FN2O2. The van der Waals surface area contributed by atoms with E-state index in [4.69, 9.17) is 0 Å². The lowest BCUT2D eigenvalue weighted by atomic mass is 9.77. The summed E-state index contributed by atoms with van der Waals surface area (Å²) in [7, 11) is 0. The maximum atomic E-state index is 14.1. The number of nitrogens with zero attached hydrogens (tertiary/aromatic N) is 1. The van der Waals surface area contributed by atoms with Gasteiger partial charge in [-0.15, -0.1) is 0 Å². The van der Waals surface area contributed by atoms with Gasteiger partial charge in [0.25, 0.3) is 0 Å². The Bertz CT molecular complexity index is 661. The largest absolute Gasteiger partial charge is 0.356 e. The van der Waals surface area contributed by atoms with Crippen molar-refractivity contribution in [2.75, 3.05) is 19.6 Å². The number of benzene rings is 1. The molecule has 1 aliphatic carbocycles. The predicted octanol–water partition coefficient (Wildman–Crippen LogP) is 1.99. The molecule has 2 heterocycles. The molecule has 2 aliphatic heterocycles. The van der Waals surface area contributed by atoms with Crippen LogP contribution in [0.15, 0.2) is 24.3 Å². The van der Waals surface area contributed by atoms with Crippen molar-refractivity contribution < 1.29 is 14.0 Å². The lowest BCUT2D eigenvalue weighted by molar-refractivity contribution is -0.136. The van der Waals surface area contributed by atoms with Crippen molar-refractivity contribution in [3.8, 4) is 0 Å². The second kappa shape index (κ2) is 5.05. The van der Waals surface area contributed by atoms with Gasteiger partial charge in [-0.25, -0.2) is 4.39 Å². The maximum Gasteiger partial charge on any atom is 0.233 e. The summed E-state index contributed by atoms with van der Waals surface area (Å²) in [6, 6.07) is 6.63. The molecule has 1 saturated carbocycles. The van der Waals surface area contributed by atoms with E-state index >= 15 is 0 Å². The molecule has 0 atom stereocenters. The Morgan fingerprint density at radius 2 is 1.83 bits per heavy atom. The highest BCUT2D eigenvalue weighted by Gasteiger charge is 2.55. The molecule has 0 bridgehead atoms. The van der Waals surface area contributed by atoms with Gasteiger partial charge >= 0.3 is 0 Å². The van der Waals surface area contributed by atoms with Gasteiger partial charge in [0.15, 0.2) is 0 Å². The van der Waals surface area contributed by atoms with Crippen molar-refractivity contribution in [1.29, 1.82) is 0 Å². The first kappa shape index (κ1) is 14.7. The van der Waals surface area contributed by atoms with Gasteiger partial charge in [-0.2, -0.15) is 0 Å². The van der Waals surface area contributed by atoms with Gasteiger partial charge in [0, 0.05) is 31.6 Å². The van der Waals surface area contributed by atoms with E-state index in [1.165, 1.54) is 6.07 Å². The van der Waals surface area contributed by atoms with Gasteiger partial charge in [0.05, 0.1) is 5.41 Å². The summed E-state index contributed by atoms with van der Waals surface area (Å²) in [5.41, 5.74) is -0.0645. The quantitative estimate of drug-likeness (QED) is 0.907. The summed E-state index contributed by atoms with van der Waals surface area (Å²) in [6.45, 7) is 2.07. The third-order valence-corrected chi connectivity index (χ3v) is 5.86. The zero-order chi connectivity index (χ0) is 16.1. The molecule has 0 radical (unpaired) electrons. The van der Waals surface area contributed by atoms with Crippen LogP contribution in [0.2, 0.25) is 0 Å². The highest BCUT2D eigenvalue weighted by atomic mass is 19.1. The van der Waals surface area contributed by atoms with Crippen LogP contribution < -0.4 is 5.32 Å². The van der Waals surface area contributed by atoms with Crippen LogP contribution in [0.3, 0.4) is 0 Å². The summed E-state index contributed by atoms with van der Waals surface area (Å²) in [4.78, 5) is 26.4. The van der Waals surface area contributed by atoms with Gasteiger partial charge in [-0.3, -0.25) is 9.59 Å². The Kier molecular flexibility index (Phi) is 3.22. The summed E-state index contributed by atoms with van der Waals surface area (Å²) in [6.07, 6.45) is 3.74. The van der Waals surface area contributed by atoms with Gasteiger partial charge in [-0.05, 0) is 37.2 Å². The van der Waals surface area contributed by atoms with Crippen LogP contribution in [0.5, 0.6) is 0 Å². The monoisotopic (exact) mass is 316 g/mol. The summed E-state index contributed by atoms with van der Waals surface area (Å²) >= 11 is 0. The lowest BCUT2D eigenvalue weighted by Gasteiger charge is -2.39. The second-order valence-corrected chi connectivity index (χ2v) is 7.31. The van der Waals surface area contributed by atoms with Gasteiger partial charge < -0.3 is 10.2 Å². The molecule has 23 heavy (non-hydrogen) atoms. The van der Waals surface area contributed by atoms with Crippen LogP contribution in [0.1, 0.15) is 37.7 Å². The molecule has 1 N–H and O–H groups in total. The van der Waals surface area contributed by atoms with Crippen molar-refractivity contribution >= 4 is 11.8 Å². The molecule has 0 aromatic heterocycles. The SMILES string of the molecule is O=C1CC2(CCN(C(=O)C3(c4ccccc4F)CC3)CC2)CN1. The molecule has 3 fully saturated rings. The first-order valence-electron chi connectivity index (χ1n) is 8.36. The minimum atomic E-state index is -0.639. The fourth-order valence-corrected chi connectivity index (χ4v) is 4.16. The fraction of sp³-hybridized carbons (Fsp3) is 0.556. The van der Waals surface area contributed by atoms with E-state index in [1.807, 2.05) is 4.90 Å². The molecule has 2 amide bonds. The Morgan fingerprint density at radius 3 is 2.39 bits per heavy atom. The first-order valence-corrected chi connectivity index (χ1v) is 8.36. The van der Waals surface area contributed by atoms with Crippen LogP contribution >= 0.6 is 0 Å². The number of nitrogens with one attached hydrogen (secondary N) is 1. The minimum Gasteiger partial charge on any atom is -0.356 e. The number of piperidine rings is 1. The van der Waals surface area contributed by atoms with E-state index in [9.17, 15) is 14.0 Å². The summed E-state index contributed by atoms with van der Waals surface area (Å²) in [5, 5.41) is 2.91. The number of halogens is 1. The highest BCUT2D eigenvalue weighted by molar-refractivity contribution is 5.91. The molecule has 5 heteroatoms.